The number of aromatic hydroxyl groups is 1. The highest BCUT2D eigenvalue weighted by Gasteiger charge is 2.46. The molecule has 5 nitrogen and oxygen atoms in total. The van der Waals surface area contributed by atoms with Gasteiger partial charge >= 0.3 is 0 Å². The van der Waals surface area contributed by atoms with Gasteiger partial charge < -0.3 is 20.9 Å². The summed E-state index contributed by atoms with van der Waals surface area (Å²) in [5.41, 5.74) is 6.01. The van der Waals surface area contributed by atoms with E-state index in [1.54, 1.807) is 6.07 Å². The second kappa shape index (κ2) is 4.74. The summed E-state index contributed by atoms with van der Waals surface area (Å²) in [7, 11) is 1.52. The monoisotopic (exact) mass is 264 g/mol. The second-order valence-corrected chi connectivity index (χ2v) is 5.57. The first-order valence-electron chi connectivity index (χ1n) is 6.29. The number of phenolic OH excluding ortho intramolecular Hbond substituents is 1. The number of amides is 1. The van der Waals surface area contributed by atoms with E-state index in [9.17, 15) is 9.90 Å². The van der Waals surface area contributed by atoms with Crippen LogP contribution in [-0.4, -0.2) is 30.2 Å². The summed E-state index contributed by atoms with van der Waals surface area (Å²) in [6, 6.07) is 4.70. The summed E-state index contributed by atoms with van der Waals surface area (Å²) in [4.78, 5) is 12.2. The molecule has 1 fully saturated rings. The minimum absolute atomic E-state index is 0.0283. The molecule has 19 heavy (non-hydrogen) atoms. The highest BCUT2D eigenvalue weighted by atomic mass is 16.5. The first-order chi connectivity index (χ1) is 8.86. The van der Waals surface area contributed by atoms with E-state index in [1.807, 2.05) is 13.8 Å². The van der Waals surface area contributed by atoms with Crippen molar-refractivity contribution in [2.75, 3.05) is 7.11 Å². The van der Waals surface area contributed by atoms with Crippen LogP contribution in [0.1, 0.15) is 30.6 Å². The van der Waals surface area contributed by atoms with E-state index in [0.29, 0.717) is 5.75 Å². The van der Waals surface area contributed by atoms with E-state index < -0.39 is 0 Å². The Morgan fingerprint density at radius 2 is 2.21 bits per heavy atom. The molecule has 104 valence electrons. The average molecular weight is 264 g/mol. The maximum Gasteiger partial charge on any atom is 0.255 e. The van der Waals surface area contributed by atoms with Crippen LogP contribution in [0.25, 0.3) is 0 Å². The molecule has 0 saturated heterocycles. The van der Waals surface area contributed by atoms with Crippen molar-refractivity contribution in [1.82, 2.24) is 5.32 Å². The number of hydrogen-bond donors (Lipinski definition) is 3. The number of phenols is 1. The number of carbonyl (C=O) groups excluding carboxylic acids is 1. The van der Waals surface area contributed by atoms with E-state index in [4.69, 9.17) is 10.5 Å². The predicted octanol–water partition coefficient (Wildman–Crippen LogP) is 1.26. The molecule has 4 N–H and O–H groups in total. The third-order valence-corrected chi connectivity index (χ3v) is 4.10. The Bertz CT molecular complexity index is 499. The summed E-state index contributed by atoms with van der Waals surface area (Å²) in [6.45, 7) is 4.05. The minimum Gasteiger partial charge on any atom is -0.507 e. The fourth-order valence-corrected chi connectivity index (χ4v) is 2.26. The van der Waals surface area contributed by atoms with Crippen molar-refractivity contribution in [2.45, 2.75) is 32.4 Å². The number of rotatable bonds is 3. The van der Waals surface area contributed by atoms with Gasteiger partial charge in [0.15, 0.2) is 0 Å². The number of nitrogens with one attached hydrogen (secondary N) is 1. The molecule has 1 saturated carbocycles. The van der Waals surface area contributed by atoms with Crippen molar-refractivity contribution < 1.29 is 14.6 Å². The second-order valence-electron chi connectivity index (χ2n) is 5.57. The quantitative estimate of drug-likeness (QED) is 0.767. The third kappa shape index (κ3) is 2.38. The molecular formula is C14H20N2O3. The topological polar surface area (TPSA) is 84.6 Å². The van der Waals surface area contributed by atoms with Crippen LogP contribution in [0.4, 0.5) is 0 Å². The summed E-state index contributed by atoms with van der Waals surface area (Å²) in [5, 5.41) is 12.7. The van der Waals surface area contributed by atoms with Gasteiger partial charge in [-0.25, -0.2) is 0 Å². The van der Waals surface area contributed by atoms with Crippen LogP contribution in [0, 0.1) is 5.41 Å². The van der Waals surface area contributed by atoms with Crippen LogP contribution < -0.4 is 15.8 Å². The summed E-state index contributed by atoms with van der Waals surface area (Å²) < 4.78 is 5.05. The molecule has 5 heteroatoms. The molecular weight excluding hydrogens is 244 g/mol. The van der Waals surface area contributed by atoms with E-state index in [1.165, 1.54) is 19.2 Å². The molecule has 2 unspecified atom stereocenters. The van der Waals surface area contributed by atoms with Crippen molar-refractivity contribution in [1.29, 1.82) is 0 Å². The number of hydrogen-bond acceptors (Lipinski definition) is 4. The molecule has 0 heterocycles. The summed E-state index contributed by atoms with van der Waals surface area (Å²) in [6.07, 6.45) is 0.753. The molecule has 0 aromatic heterocycles. The molecule has 0 spiro atoms. The van der Waals surface area contributed by atoms with Gasteiger partial charge in [-0.15, -0.1) is 0 Å². The Morgan fingerprint density at radius 1 is 1.53 bits per heavy atom. The Labute approximate surface area is 112 Å². The SMILES string of the molecule is COc1ccc(O)c(C(=O)NC2CC(N)C2(C)C)c1. The lowest BCUT2D eigenvalue weighted by Gasteiger charge is -2.50. The average Bonchev–Trinajstić information content (AvgIpc) is 2.38. The summed E-state index contributed by atoms with van der Waals surface area (Å²) >= 11 is 0. The van der Waals surface area contributed by atoms with E-state index in [2.05, 4.69) is 5.32 Å². The minimum atomic E-state index is -0.304. The summed E-state index contributed by atoms with van der Waals surface area (Å²) in [5.74, 6) is 0.175. The fraction of sp³-hybridized carbons (Fsp3) is 0.500. The number of ether oxygens (including phenoxy) is 1. The normalized spacial score (nSPS) is 24.4. The molecule has 2 atom stereocenters. The lowest BCUT2D eigenvalue weighted by atomic mass is 9.63. The van der Waals surface area contributed by atoms with E-state index in [0.717, 1.165) is 6.42 Å². The molecule has 1 aliphatic rings. The lowest BCUT2D eigenvalue weighted by molar-refractivity contribution is 0.0585. The van der Waals surface area contributed by atoms with Crippen LogP contribution in [0.3, 0.4) is 0 Å². The first-order valence-corrected chi connectivity index (χ1v) is 6.29. The van der Waals surface area contributed by atoms with Crippen LogP contribution in [0.2, 0.25) is 0 Å². The highest BCUT2D eigenvalue weighted by molar-refractivity contribution is 5.97. The number of methoxy groups -OCH3 is 1. The van der Waals surface area contributed by atoms with Crippen molar-refractivity contribution in [3.05, 3.63) is 23.8 Å². The van der Waals surface area contributed by atoms with E-state index >= 15 is 0 Å². The molecule has 0 aliphatic heterocycles. The predicted molar refractivity (Wildman–Crippen MR) is 72.3 cm³/mol. The van der Waals surface area contributed by atoms with Gasteiger partial charge in [-0.2, -0.15) is 0 Å². The highest BCUT2D eigenvalue weighted by Crippen LogP contribution is 2.39. The third-order valence-electron chi connectivity index (χ3n) is 4.10. The number of benzene rings is 1. The van der Waals surface area contributed by atoms with Crippen molar-refractivity contribution in [3.63, 3.8) is 0 Å². The molecule has 1 aromatic rings. The van der Waals surface area contributed by atoms with Gasteiger partial charge in [0, 0.05) is 17.5 Å². The van der Waals surface area contributed by atoms with Gasteiger partial charge in [0.1, 0.15) is 11.5 Å². The zero-order valence-electron chi connectivity index (χ0n) is 11.4. The maximum absolute atomic E-state index is 12.2. The Hall–Kier alpha value is -1.75. The van der Waals surface area contributed by atoms with Gasteiger partial charge in [-0.05, 0) is 24.6 Å². The number of carbonyl (C=O) groups is 1. The smallest absolute Gasteiger partial charge is 0.255 e. The van der Waals surface area contributed by atoms with Gasteiger partial charge in [0.2, 0.25) is 0 Å². The molecule has 2 rings (SSSR count). The van der Waals surface area contributed by atoms with Crippen molar-refractivity contribution >= 4 is 5.91 Å². The van der Waals surface area contributed by atoms with Crippen LogP contribution in [0.15, 0.2) is 18.2 Å². The lowest BCUT2D eigenvalue weighted by Crippen LogP contribution is -2.64. The Kier molecular flexibility index (Phi) is 3.41. The molecule has 0 radical (unpaired) electrons. The van der Waals surface area contributed by atoms with Crippen molar-refractivity contribution in [2.24, 2.45) is 11.1 Å². The largest absolute Gasteiger partial charge is 0.507 e. The maximum atomic E-state index is 12.2. The van der Waals surface area contributed by atoms with E-state index in [-0.39, 0.29) is 34.7 Å². The van der Waals surface area contributed by atoms with Crippen LogP contribution >= 0.6 is 0 Å². The molecule has 0 bridgehead atoms. The van der Waals surface area contributed by atoms with Crippen LogP contribution in [-0.2, 0) is 0 Å². The molecule has 1 aliphatic carbocycles. The van der Waals surface area contributed by atoms with Gasteiger partial charge in [-0.1, -0.05) is 13.8 Å². The first kappa shape index (κ1) is 13.7. The van der Waals surface area contributed by atoms with Gasteiger partial charge in [-0.3, -0.25) is 4.79 Å². The van der Waals surface area contributed by atoms with Gasteiger partial charge in [0.25, 0.3) is 5.91 Å². The van der Waals surface area contributed by atoms with Crippen LogP contribution in [0.5, 0.6) is 11.5 Å². The fourth-order valence-electron chi connectivity index (χ4n) is 2.26. The zero-order chi connectivity index (χ0) is 14.2. The molecule has 1 aromatic carbocycles. The molecule has 1 amide bonds. The van der Waals surface area contributed by atoms with Gasteiger partial charge in [0.05, 0.1) is 12.7 Å². The number of nitrogens with two attached hydrogens (primary N) is 1. The Morgan fingerprint density at radius 3 is 2.74 bits per heavy atom. The van der Waals surface area contributed by atoms with Crippen molar-refractivity contribution in [3.8, 4) is 11.5 Å². The Balaban J connectivity index is 2.13. The zero-order valence-corrected chi connectivity index (χ0v) is 11.4. The standard InChI is InChI=1S/C14H20N2O3/c1-14(2)11(15)7-12(14)16-13(18)9-6-8(19-3)4-5-10(9)17/h4-6,11-12,17H,7,15H2,1-3H3,(H,16,18).